The van der Waals surface area contributed by atoms with Crippen molar-refractivity contribution in [3.05, 3.63) is 34.4 Å². The van der Waals surface area contributed by atoms with Gasteiger partial charge in [-0.25, -0.2) is 8.78 Å². The molecule has 0 aliphatic carbocycles. The van der Waals surface area contributed by atoms with Gasteiger partial charge in [-0.3, -0.25) is 9.59 Å². The molecule has 0 heterocycles. The molecule has 0 radical (unpaired) electrons. The minimum Gasteiger partial charge on any atom is -0.466 e. The second-order valence-electron chi connectivity index (χ2n) is 4.89. The molecule has 0 aliphatic heterocycles. The largest absolute Gasteiger partial charge is 0.466 e. The van der Waals surface area contributed by atoms with Crippen LogP contribution in [0.3, 0.4) is 0 Å². The van der Waals surface area contributed by atoms with E-state index in [4.69, 9.17) is 16.3 Å². The van der Waals surface area contributed by atoms with Crippen molar-refractivity contribution in [2.45, 2.75) is 45.4 Å². The number of ketones is 1. The van der Waals surface area contributed by atoms with E-state index in [1.54, 1.807) is 6.92 Å². The first-order chi connectivity index (χ1) is 10.5. The zero-order valence-corrected chi connectivity index (χ0v) is 13.2. The van der Waals surface area contributed by atoms with E-state index in [1.807, 2.05) is 0 Å². The first-order valence-corrected chi connectivity index (χ1v) is 7.66. The highest BCUT2D eigenvalue weighted by Crippen LogP contribution is 2.22. The molecule has 0 aromatic heterocycles. The van der Waals surface area contributed by atoms with Crippen LogP contribution in [0, 0.1) is 11.6 Å². The van der Waals surface area contributed by atoms with Gasteiger partial charge in [0, 0.05) is 18.4 Å². The van der Waals surface area contributed by atoms with Gasteiger partial charge in [-0.15, -0.1) is 0 Å². The summed E-state index contributed by atoms with van der Waals surface area (Å²) in [7, 11) is 0. The van der Waals surface area contributed by atoms with E-state index >= 15 is 0 Å². The third kappa shape index (κ3) is 6.10. The average Bonchev–Trinajstić information content (AvgIpc) is 2.46. The average molecular weight is 333 g/mol. The van der Waals surface area contributed by atoms with Gasteiger partial charge in [0.25, 0.3) is 0 Å². The normalized spacial score (nSPS) is 10.5. The summed E-state index contributed by atoms with van der Waals surface area (Å²) in [6, 6.07) is 1.64. The summed E-state index contributed by atoms with van der Waals surface area (Å²) in [4.78, 5) is 23.0. The lowest BCUT2D eigenvalue weighted by Gasteiger charge is -2.05. The molecule has 0 N–H and O–H groups in total. The van der Waals surface area contributed by atoms with Crippen LogP contribution in [0.5, 0.6) is 0 Å². The van der Waals surface area contributed by atoms with Gasteiger partial charge in [0.2, 0.25) is 0 Å². The molecule has 0 amide bonds. The Morgan fingerprint density at radius 3 is 2.27 bits per heavy atom. The number of carbonyl (C=O) groups excluding carboxylic acids is 2. The van der Waals surface area contributed by atoms with Crippen LogP contribution in [0.25, 0.3) is 0 Å². The number of esters is 1. The number of hydrogen-bond donors (Lipinski definition) is 0. The van der Waals surface area contributed by atoms with Crippen LogP contribution in [0.4, 0.5) is 8.78 Å². The van der Waals surface area contributed by atoms with Crippen molar-refractivity contribution < 1.29 is 23.1 Å². The maximum absolute atomic E-state index is 13.1. The number of unbranched alkanes of at least 4 members (excludes halogenated alkanes) is 3. The van der Waals surface area contributed by atoms with E-state index in [1.165, 1.54) is 0 Å². The molecule has 0 bridgehead atoms. The fourth-order valence-electron chi connectivity index (χ4n) is 2.01. The first kappa shape index (κ1) is 18.6. The summed E-state index contributed by atoms with van der Waals surface area (Å²) in [5, 5.41) is -0.0776. The van der Waals surface area contributed by atoms with Gasteiger partial charge < -0.3 is 4.74 Å². The number of rotatable bonds is 9. The van der Waals surface area contributed by atoms with Crippen molar-refractivity contribution in [2.24, 2.45) is 0 Å². The van der Waals surface area contributed by atoms with Crippen molar-refractivity contribution >= 4 is 23.4 Å². The number of hydrogen-bond acceptors (Lipinski definition) is 3. The lowest BCUT2D eigenvalue weighted by molar-refractivity contribution is -0.143. The van der Waals surface area contributed by atoms with Crippen LogP contribution in [0.1, 0.15) is 55.8 Å². The van der Waals surface area contributed by atoms with E-state index < -0.39 is 11.6 Å². The monoisotopic (exact) mass is 332 g/mol. The van der Waals surface area contributed by atoms with E-state index in [-0.39, 0.29) is 28.8 Å². The fourth-order valence-corrected chi connectivity index (χ4v) is 2.27. The molecule has 0 fully saturated rings. The number of ether oxygens (including phenoxy) is 1. The van der Waals surface area contributed by atoms with E-state index in [0.29, 0.717) is 25.9 Å². The molecule has 6 heteroatoms. The molecule has 3 nitrogen and oxygen atoms in total. The first-order valence-electron chi connectivity index (χ1n) is 7.29. The zero-order valence-electron chi connectivity index (χ0n) is 12.5. The SMILES string of the molecule is CCOC(=O)CCCCCCC(=O)c1cc(F)c(F)cc1Cl. The highest BCUT2D eigenvalue weighted by atomic mass is 35.5. The summed E-state index contributed by atoms with van der Waals surface area (Å²) < 4.78 is 30.8. The number of Topliss-reactive ketones (excluding diaryl/α,β-unsaturated/α-hetero) is 1. The molecular formula is C16H19ClF2O3. The topological polar surface area (TPSA) is 43.4 Å². The summed E-state index contributed by atoms with van der Waals surface area (Å²) in [5.74, 6) is -2.68. The lowest BCUT2D eigenvalue weighted by Crippen LogP contribution is -2.04. The lowest BCUT2D eigenvalue weighted by atomic mass is 10.0. The molecule has 1 rings (SSSR count). The minimum absolute atomic E-state index is 0.00657. The number of benzene rings is 1. The molecule has 0 unspecified atom stereocenters. The number of carbonyl (C=O) groups is 2. The van der Waals surface area contributed by atoms with Gasteiger partial charge in [0.1, 0.15) is 0 Å². The molecule has 1 aromatic carbocycles. The van der Waals surface area contributed by atoms with Crippen molar-refractivity contribution in [2.75, 3.05) is 6.61 Å². The fraction of sp³-hybridized carbons (Fsp3) is 0.500. The van der Waals surface area contributed by atoms with Gasteiger partial charge in [-0.1, -0.05) is 24.4 Å². The highest BCUT2D eigenvalue weighted by molar-refractivity contribution is 6.33. The molecule has 0 saturated heterocycles. The van der Waals surface area contributed by atoms with Gasteiger partial charge in [-0.05, 0) is 31.9 Å². The zero-order chi connectivity index (χ0) is 16.5. The second kappa shape index (κ2) is 9.51. The standard InChI is InChI=1S/C16H19ClF2O3/c1-2-22-16(21)8-6-4-3-5-7-15(20)11-9-13(18)14(19)10-12(11)17/h9-10H,2-8H2,1H3. The third-order valence-electron chi connectivity index (χ3n) is 3.15. The predicted octanol–water partition coefficient (Wildman–Crippen LogP) is 4.70. The van der Waals surface area contributed by atoms with Gasteiger partial charge in [0.15, 0.2) is 17.4 Å². The van der Waals surface area contributed by atoms with Gasteiger partial charge >= 0.3 is 5.97 Å². The Labute approximate surface area is 133 Å². The summed E-state index contributed by atoms with van der Waals surface area (Å²) in [6.45, 7) is 2.13. The molecular weight excluding hydrogens is 314 g/mol. The molecule has 1 aromatic rings. The highest BCUT2D eigenvalue weighted by Gasteiger charge is 2.14. The van der Waals surface area contributed by atoms with Crippen LogP contribution >= 0.6 is 11.6 Å². The van der Waals surface area contributed by atoms with Gasteiger partial charge in [-0.2, -0.15) is 0 Å². The van der Waals surface area contributed by atoms with Crippen molar-refractivity contribution in [1.29, 1.82) is 0 Å². The Bertz CT molecular complexity index is 532. The van der Waals surface area contributed by atoms with Crippen molar-refractivity contribution in [3.8, 4) is 0 Å². The summed E-state index contributed by atoms with van der Waals surface area (Å²) >= 11 is 5.74. The van der Waals surface area contributed by atoms with Crippen LogP contribution in [0.2, 0.25) is 5.02 Å². The summed E-state index contributed by atoms with van der Waals surface area (Å²) in [6.07, 6.45) is 3.47. The maximum atomic E-state index is 13.1. The number of halogens is 3. The molecule has 0 saturated carbocycles. The van der Waals surface area contributed by atoms with E-state index in [9.17, 15) is 18.4 Å². The molecule has 0 spiro atoms. The Balaban J connectivity index is 2.29. The Morgan fingerprint density at radius 2 is 1.64 bits per heavy atom. The maximum Gasteiger partial charge on any atom is 0.305 e. The van der Waals surface area contributed by atoms with Crippen LogP contribution in [-0.2, 0) is 9.53 Å². The Hall–Kier alpha value is -1.49. The van der Waals surface area contributed by atoms with Crippen molar-refractivity contribution in [3.63, 3.8) is 0 Å². The quantitative estimate of drug-likeness (QED) is 0.285. The van der Waals surface area contributed by atoms with Gasteiger partial charge in [0.05, 0.1) is 11.6 Å². The van der Waals surface area contributed by atoms with E-state index in [0.717, 1.165) is 25.0 Å². The third-order valence-corrected chi connectivity index (χ3v) is 3.46. The molecule has 0 aliphatic rings. The molecule has 0 atom stereocenters. The van der Waals surface area contributed by atoms with Crippen LogP contribution < -0.4 is 0 Å². The second-order valence-corrected chi connectivity index (χ2v) is 5.30. The minimum atomic E-state index is -1.08. The summed E-state index contributed by atoms with van der Waals surface area (Å²) in [5.41, 5.74) is 0.00657. The Morgan fingerprint density at radius 1 is 1.05 bits per heavy atom. The molecule has 122 valence electrons. The van der Waals surface area contributed by atoms with Crippen LogP contribution in [-0.4, -0.2) is 18.4 Å². The Kier molecular flexibility index (Phi) is 8.02. The molecule has 22 heavy (non-hydrogen) atoms. The smallest absolute Gasteiger partial charge is 0.305 e. The van der Waals surface area contributed by atoms with Crippen molar-refractivity contribution in [1.82, 2.24) is 0 Å². The predicted molar refractivity (Wildman–Crippen MR) is 80.0 cm³/mol. The van der Waals surface area contributed by atoms with E-state index in [2.05, 4.69) is 0 Å². The van der Waals surface area contributed by atoms with Crippen LogP contribution in [0.15, 0.2) is 12.1 Å².